The molecule has 0 saturated heterocycles. The van der Waals surface area contributed by atoms with Crippen LogP contribution in [-0.4, -0.2) is 29.4 Å². The number of nitrogens with one attached hydrogen (secondary N) is 1. The number of carbonyl (C=O) groups excluding carboxylic acids is 1. The summed E-state index contributed by atoms with van der Waals surface area (Å²) in [5, 5.41) is 7.66. The van der Waals surface area contributed by atoms with E-state index in [1.54, 1.807) is 0 Å². The van der Waals surface area contributed by atoms with Gasteiger partial charge >= 0.3 is 0 Å². The van der Waals surface area contributed by atoms with Gasteiger partial charge in [-0.15, -0.1) is 0 Å². The van der Waals surface area contributed by atoms with Crippen molar-refractivity contribution in [2.24, 2.45) is 0 Å². The van der Waals surface area contributed by atoms with Crippen LogP contribution in [0.5, 0.6) is 0 Å². The molecule has 1 unspecified atom stereocenters. The van der Waals surface area contributed by atoms with Crippen molar-refractivity contribution in [1.29, 1.82) is 0 Å². The molecule has 2 aromatic rings. The van der Waals surface area contributed by atoms with E-state index in [9.17, 15) is 4.79 Å². The Morgan fingerprint density at radius 1 is 1.43 bits per heavy atom. The van der Waals surface area contributed by atoms with Crippen molar-refractivity contribution in [2.75, 3.05) is 13.7 Å². The minimum Gasteiger partial charge on any atom is -0.375 e. The Morgan fingerprint density at radius 2 is 2.26 bits per heavy atom. The lowest BCUT2D eigenvalue weighted by atomic mass is 9.92. The van der Waals surface area contributed by atoms with Crippen LogP contribution < -0.4 is 5.32 Å². The molecule has 1 aliphatic carbocycles. The average Bonchev–Trinajstić information content (AvgIpc) is 2.95. The maximum Gasteiger partial charge on any atom is 0.246 e. The number of amides is 1. The van der Waals surface area contributed by atoms with E-state index in [1.807, 2.05) is 10.9 Å². The molecule has 1 aromatic heterocycles. The van der Waals surface area contributed by atoms with Gasteiger partial charge in [0.1, 0.15) is 6.61 Å². The minimum atomic E-state index is -0.0789. The summed E-state index contributed by atoms with van der Waals surface area (Å²) in [6.07, 6.45) is 4.87. The van der Waals surface area contributed by atoms with Crippen molar-refractivity contribution in [2.45, 2.75) is 39.2 Å². The molecule has 23 heavy (non-hydrogen) atoms. The first-order valence-electron chi connectivity index (χ1n) is 8.03. The highest BCUT2D eigenvalue weighted by molar-refractivity contribution is 5.77. The van der Waals surface area contributed by atoms with Gasteiger partial charge in [0.25, 0.3) is 0 Å². The number of nitrogens with zero attached hydrogens (tertiary/aromatic N) is 2. The first kappa shape index (κ1) is 15.7. The van der Waals surface area contributed by atoms with E-state index >= 15 is 0 Å². The van der Waals surface area contributed by atoms with Crippen LogP contribution in [0.1, 0.15) is 41.3 Å². The van der Waals surface area contributed by atoms with Gasteiger partial charge in [-0.05, 0) is 50.3 Å². The topological polar surface area (TPSA) is 56.1 Å². The van der Waals surface area contributed by atoms with E-state index in [2.05, 4.69) is 42.5 Å². The van der Waals surface area contributed by atoms with Crippen LogP contribution >= 0.6 is 0 Å². The van der Waals surface area contributed by atoms with E-state index in [4.69, 9.17) is 4.74 Å². The Hall–Kier alpha value is -2.14. The molecule has 0 spiro atoms. The lowest BCUT2D eigenvalue weighted by molar-refractivity contribution is -0.125. The first-order chi connectivity index (χ1) is 11.1. The molecule has 0 aliphatic heterocycles. The highest BCUT2D eigenvalue weighted by atomic mass is 16.5. The van der Waals surface area contributed by atoms with Crippen LogP contribution in [0.2, 0.25) is 0 Å². The van der Waals surface area contributed by atoms with Crippen molar-refractivity contribution in [3.05, 3.63) is 46.8 Å². The first-order valence-corrected chi connectivity index (χ1v) is 8.03. The van der Waals surface area contributed by atoms with E-state index in [0.717, 1.165) is 30.5 Å². The number of carbonyl (C=O) groups is 1. The largest absolute Gasteiger partial charge is 0.375 e. The smallest absolute Gasteiger partial charge is 0.246 e. The molecule has 5 nitrogen and oxygen atoms in total. The highest BCUT2D eigenvalue weighted by Crippen LogP contribution is 2.32. The Bertz CT molecular complexity index is 721. The Morgan fingerprint density at radius 3 is 3.04 bits per heavy atom. The molecule has 1 amide bonds. The van der Waals surface area contributed by atoms with Gasteiger partial charge in [0.05, 0.1) is 17.9 Å². The SMILES string of the molecule is COCC(=O)NC1CCCc2c1cnn2-c1cccc(C)c1C. The maximum atomic E-state index is 11.8. The summed E-state index contributed by atoms with van der Waals surface area (Å²) >= 11 is 0. The summed E-state index contributed by atoms with van der Waals surface area (Å²) < 4.78 is 6.94. The molecular formula is C18H23N3O2. The number of aromatic nitrogens is 2. The number of rotatable bonds is 4. The standard InChI is InChI=1S/C18H23N3O2/c1-12-6-4-8-16(13(12)2)21-17-9-5-7-15(14(17)10-19-21)20-18(22)11-23-3/h4,6,8,10,15H,5,7,9,11H2,1-3H3,(H,20,22). The van der Waals surface area contributed by atoms with Crippen LogP contribution in [0.3, 0.4) is 0 Å². The third-order valence-corrected chi connectivity index (χ3v) is 4.60. The molecule has 0 bridgehead atoms. The minimum absolute atomic E-state index is 0.0280. The van der Waals surface area contributed by atoms with Gasteiger partial charge in [-0.3, -0.25) is 4.79 Å². The van der Waals surface area contributed by atoms with Crippen LogP contribution in [0.25, 0.3) is 5.69 Å². The predicted octanol–water partition coefficient (Wildman–Crippen LogP) is 2.63. The molecule has 1 atom stereocenters. The van der Waals surface area contributed by atoms with Gasteiger partial charge < -0.3 is 10.1 Å². The van der Waals surface area contributed by atoms with E-state index < -0.39 is 0 Å². The Kier molecular flexibility index (Phi) is 4.48. The van der Waals surface area contributed by atoms with Crippen molar-refractivity contribution < 1.29 is 9.53 Å². The van der Waals surface area contributed by atoms with Gasteiger partial charge in [-0.2, -0.15) is 5.10 Å². The zero-order chi connectivity index (χ0) is 16.4. The third-order valence-electron chi connectivity index (χ3n) is 4.60. The molecule has 1 N–H and O–H groups in total. The summed E-state index contributed by atoms with van der Waals surface area (Å²) in [5.41, 5.74) is 5.95. The summed E-state index contributed by atoms with van der Waals surface area (Å²) in [6, 6.07) is 6.30. The van der Waals surface area contributed by atoms with Crippen molar-refractivity contribution in [1.82, 2.24) is 15.1 Å². The number of aryl methyl sites for hydroxylation is 1. The lowest BCUT2D eigenvalue weighted by Gasteiger charge is -2.24. The van der Waals surface area contributed by atoms with Gasteiger partial charge in [0, 0.05) is 18.4 Å². The summed E-state index contributed by atoms with van der Waals surface area (Å²) in [6.45, 7) is 4.33. The second-order valence-electron chi connectivity index (χ2n) is 6.12. The van der Waals surface area contributed by atoms with Gasteiger partial charge in [-0.25, -0.2) is 4.68 Å². The number of hydrogen-bond acceptors (Lipinski definition) is 3. The summed E-state index contributed by atoms with van der Waals surface area (Å²) in [5.74, 6) is -0.0789. The van der Waals surface area contributed by atoms with Crippen LogP contribution in [0.4, 0.5) is 0 Å². The molecule has 1 aromatic carbocycles. The fraction of sp³-hybridized carbons (Fsp3) is 0.444. The number of methoxy groups -OCH3 is 1. The van der Waals surface area contributed by atoms with Crippen molar-refractivity contribution in [3.8, 4) is 5.69 Å². The Labute approximate surface area is 136 Å². The molecule has 5 heteroatoms. The van der Waals surface area contributed by atoms with Gasteiger partial charge in [0.15, 0.2) is 0 Å². The molecule has 0 saturated carbocycles. The number of hydrogen-bond donors (Lipinski definition) is 1. The molecule has 0 fully saturated rings. The lowest BCUT2D eigenvalue weighted by Crippen LogP contribution is -2.33. The van der Waals surface area contributed by atoms with Crippen LogP contribution in [0, 0.1) is 13.8 Å². The average molecular weight is 313 g/mol. The zero-order valence-electron chi connectivity index (χ0n) is 13.9. The normalized spacial score (nSPS) is 16.9. The van der Waals surface area contributed by atoms with Crippen molar-refractivity contribution >= 4 is 5.91 Å². The molecule has 122 valence electrons. The monoisotopic (exact) mass is 313 g/mol. The van der Waals surface area contributed by atoms with Crippen LogP contribution in [0.15, 0.2) is 24.4 Å². The fourth-order valence-electron chi connectivity index (χ4n) is 3.25. The van der Waals surface area contributed by atoms with E-state index in [0.29, 0.717) is 0 Å². The number of ether oxygens (including phenoxy) is 1. The van der Waals surface area contributed by atoms with Gasteiger partial charge in [-0.1, -0.05) is 12.1 Å². The fourth-order valence-corrected chi connectivity index (χ4v) is 3.25. The molecule has 3 rings (SSSR count). The zero-order valence-corrected chi connectivity index (χ0v) is 13.9. The molecule has 1 aliphatic rings. The van der Waals surface area contributed by atoms with Crippen LogP contribution in [-0.2, 0) is 16.0 Å². The molecule has 1 heterocycles. The second-order valence-corrected chi connectivity index (χ2v) is 6.12. The number of fused-ring (bicyclic) bond motifs is 1. The summed E-state index contributed by atoms with van der Waals surface area (Å²) in [4.78, 5) is 11.8. The third kappa shape index (κ3) is 3.01. The Balaban J connectivity index is 1.94. The van der Waals surface area contributed by atoms with E-state index in [-0.39, 0.29) is 18.6 Å². The quantitative estimate of drug-likeness (QED) is 0.944. The molecule has 0 radical (unpaired) electrons. The number of benzene rings is 1. The predicted molar refractivity (Wildman–Crippen MR) is 88.7 cm³/mol. The summed E-state index contributed by atoms with van der Waals surface area (Å²) in [7, 11) is 1.53. The second kappa shape index (κ2) is 6.54. The molecular weight excluding hydrogens is 290 g/mol. The van der Waals surface area contributed by atoms with E-state index in [1.165, 1.54) is 23.9 Å². The van der Waals surface area contributed by atoms with Crippen molar-refractivity contribution in [3.63, 3.8) is 0 Å². The highest BCUT2D eigenvalue weighted by Gasteiger charge is 2.26. The van der Waals surface area contributed by atoms with Gasteiger partial charge in [0.2, 0.25) is 5.91 Å². The maximum absolute atomic E-state index is 11.8.